The lowest BCUT2D eigenvalue weighted by Crippen LogP contribution is -2.32. The van der Waals surface area contributed by atoms with E-state index in [9.17, 15) is 9.59 Å². The van der Waals surface area contributed by atoms with Crippen molar-refractivity contribution in [1.82, 2.24) is 14.5 Å². The Labute approximate surface area is 204 Å². The number of hydrogen-bond donors (Lipinski definition) is 1. The summed E-state index contributed by atoms with van der Waals surface area (Å²) in [5.41, 5.74) is 3.78. The fourth-order valence-corrected chi connectivity index (χ4v) is 6.73. The summed E-state index contributed by atoms with van der Waals surface area (Å²) in [6.07, 6.45) is 1.47. The van der Waals surface area contributed by atoms with Gasteiger partial charge in [-0.15, -0.1) is 22.7 Å². The number of aromatic nitrogens is 2. The number of nitrogens with one attached hydrogen (secondary N) is 1. The normalized spacial score (nSPS) is 14.6. The van der Waals surface area contributed by atoms with Gasteiger partial charge < -0.3 is 5.32 Å². The zero-order valence-corrected chi connectivity index (χ0v) is 20.7. The van der Waals surface area contributed by atoms with Crippen molar-refractivity contribution in [2.45, 2.75) is 20.0 Å². The van der Waals surface area contributed by atoms with E-state index in [0.29, 0.717) is 10.2 Å². The van der Waals surface area contributed by atoms with Crippen LogP contribution in [0.3, 0.4) is 0 Å². The molecule has 0 radical (unpaired) electrons. The van der Waals surface area contributed by atoms with Gasteiger partial charge in [0.15, 0.2) is 0 Å². The number of benzene rings is 1. The largest absolute Gasteiger partial charge is 0.324 e. The highest BCUT2D eigenvalue weighted by molar-refractivity contribution is 7.99. The molecule has 1 N–H and O–H groups in total. The van der Waals surface area contributed by atoms with E-state index in [1.165, 1.54) is 39.3 Å². The fourth-order valence-electron chi connectivity index (χ4n) is 4.03. The molecular formula is C24H24N4O2S3. The zero-order valence-electron chi connectivity index (χ0n) is 18.2. The number of thiophene rings is 2. The Morgan fingerprint density at radius 3 is 2.79 bits per heavy atom. The maximum absolute atomic E-state index is 13.2. The van der Waals surface area contributed by atoms with Crippen molar-refractivity contribution in [3.63, 3.8) is 0 Å². The van der Waals surface area contributed by atoms with E-state index < -0.39 is 0 Å². The predicted octanol–water partition coefficient (Wildman–Crippen LogP) is 4.68. The van der Waals surface area contributed by atoms with E-state index >= 15 is 0 Å². The quantitative estimate of drug-likeness (QED) is 0.420. The molecule has 1 aromatic carbocycles. The third kappa shape index (κ3) is 4.77. The van der Waals surface area contributed by atoms with Crippen molar-refractivity contribution >= 4 is 56.2 Å². The highest BCUT2D eigenvalue weighted by Gasteiger charge is 2.17. The minimum Gasteiger partial charge on any atom is -0.324 e. The maximum Gasteiger partial charge on any atom is 0.263 e. The standard InChI is InChI=1S/C24H24N4O2S3/c1-16-17(12-27-7-10-31-11-8-27)4-2-5-19(16)26-21(29)13-28-15-25-23-22(24(28)30)18(14-33-23)20-6-3-9-32-20/h2-6,9,14-15H,7-8,10-13H2,1H3,(H,26,29). The predicted molar refractivity (Wildman–Crippen MR) is 140 cm³/mol. The Kier molecular flexibility index (Phi) is 6.64. The number of carbonyl (C=O) groups excluding carboxylic acids is 1. The average molecular weight is 497 g/mol. The highest BCUT2D eigenvalue weighted by atomic mass is 32.2. The summed E-state index contributed by atoms with van der Waals surface area (Å²) in [4.78, 5) is 34.7. The van der Waals surface area contributed by atoms with E-state index in [-0.39, 0.29) is 18.0 Å². The molecule has 3 aromatic heterocycles. The van der Waals surface area contributed by atoms with Crippen molar-refractivity contribution in [2.24, 2.45) is 0 Å². The van der Waals surface area contributed by atoms with Gasteiger partial charge in [0.2, 0.25) is 5.91 Å². The van der Waals surface area contributed by atoms with Crippen LogP contribution in [0.5, 0.6) is 0 Å². The first-order valence-electron chi connectivity index (χ1n) is 10.8. The molecule has 9 heteroatoms. The van der Waals surface area contributed by atoms with E-state index in [1.807, 2.05) is 53.7 Å². The molecule has 1 fully saturated rings. The molecule has 1 saturated heterocycles. The van der Waals surface area contributed by atoms with Gasteiger partial charge in [0, 0.05) is 52.6 Å². The van der Waals surface area contributed by atoms with Gasteiger partial charge in [-0.25, -0.2) is 4.98 Å². The number of thioether (sulfide) groups is 1. The lowest BCUT2D eigenvalue weighted by Gasteiger charge is -2.27. The number of hydrogen-bond acceptors (Lipinski definition) is 7. The van der Waals surface area contributed by atoms with Crippen molar-refractivity contribution in [2.75, 3.05) is 29.9 Å². The van der Waals surface area contributed by atoms with Crippen LogP contribution in [0.2, 0.25) is 0 Å². The lowest BCUT2D eigenvalue weighted by molar-refractivity contribution is -0.116. The minimum absolute atomic E-state index is 0.0749. The van der Waals surface area contributed by atoms with Crippen LogP contribution in [-0.4, -0.2) is 45.0 Å². The molecule has 0 spiro atoms. The summed E-state index contributed by atoms with van der Waals surface area (Å²) < 4.78 is 1.39. The molecule has 0 bridgehead atoms. The van der Waals surface area contributed by atoms with Crippen LogP contribution < -0.4 is 10.9 Å². The summed E-state index contributed by atoms with van der Waals surface area (Å²) in [5.74, 6) is 2.10. The number of anilines is 1. The van der Waals surface area contributed by atoms with Crippen molar-refractivity contribution in [3.05, 3.63) is 68.9 Å². The average Bonchev–Trinajstić information content (AvgIpc) is 3.49. The topological polar surface area (TPSA) is 67.2 Å². The van der Waals surface area contributed by atoms with Gasteiger partial charge in [-0.1, -0.05) is 18.2 Å². The molecule has 170 valence electrons. The van der Waals surface area contributed by atoms with Gasteiger partial charge in [0.25, 0.3) is 5.56 Å². The van der Waals surface area contributed by atoms with Gasteiger partial charge in [-0.3, -0.25) is 19.1 Å². The summed E-state index contributed by atoms with van der Waals surface area (Å²) in [5, 5.41) is 7.53. The zero-order chi connectivity index (χ0) is 22.8. The SMILES string of the molecule is Cc1c(CN2CCSCC2)cccc1NC(=O)Cn1cnc2scc(-c3cccs3)c2c1=O. The molecule has 4 aromatic rings. The Hall–Kier alpha value is -2.46. The van der Waals surface area contributed by atoms with E-state index in [4.69, 9.17) is 0 Å². The van der Waals surface area contributed by atoms with Gasteiger partial charge >= 0.3 is 0 Å². The van der Waals surface area contributed by atoms with Crippen LogP contribution in [0, 0.1) is 6.92 Å². The molecule has 0 atom stereocenters. The summed E-state index contributed by atoms with van der Waals surface area (Å²) in [6.45, 7) is 5.04. The van der Waals surface area contributed by atoms with Gasteiger partial charge in [-0.05, 0) is 35.6 Å². The molecule has 33 heavy (non-hydrogen) atoms. The lowest BCUT2D eigenvalue weighted by atomic mass is 10.1. The van der Waals surface area contributed by atoms with Crippen LogP contribution in [0.15, 0.2) is 52.2 Å². The number of fused-ring (bicyclic) bond motifs is 1. The molecule has 5 rings (SSSR count). The molecule has 1 amide bonds. The van der Waals surface area contributed by atoms with Crippen molar-refractivity contribution in [3.8, 4) is 10.4 Å². The van der Waals surface area contributed by atoms with Crippen LogP contribution >= 0.6 is 34.4 Å². The Bertz CT molecular complexity index is 1340. The molecule has 1 aliphatic rings. The van der Waals surface area contributed by atoms with Crippen molar-refractivity contribution in [1.29, 1.82) is 0 Å². The summed E-state index contributed by atoms with van der Waals surface area (Å²) in [7, 11) is 0. The number of nitrogens with zero attached hydrogens (tertiary/aromatic N) is 3. The van der Waals surface area contributed by atoms with Crippen LogP contribution in [0.4, 0.5) is 5.69 Å². The van der Waals surface area contributed by atoms with Gasteiger partial charge in [0.05, 0.1) is 11.7 Å². The molecule has 0 saturated carbocycles. The van der Waals surface area contributed by atoms with Crippen LogP contribution in [-0.2, 0) is 17.9 Å². The molecular weight excluding hydrogens is 472 g/mol. The van der Waals surface area contributed by atoms with Gasteiger partial charge in [-0.2, -0.15) is 11.8 Å². The first-order chi connectivity index (χ1) is 16.1. The van der Waals surface area contributed by atoms with E-state index in [0.717, 1.165) is 41.3 Å². The first-order valence-corrected chi connectivity index (χ1v) is 13.7. The first kappa shape index (κ1) is 22.3. The number of amides is 1. The van der Waals surface area contributed by atoms with Crippen molar-refractivity contribution < 1.29 is 4.79 Å². The Morgan fingerprint density at radius 2 is 2.00 bits per heavy atom. The van der Waals surface area contributed by atoms with Gasteiger partial charge in [0.1, 0.15) is 11.4 Å². The fraction of sp³-hybridized carbons (Fsp3) is 0.292. The van der Waals surface area contributed by atoms with E-state index in [1.54, 1.807) is 11.3 Å². The molecule has 0 unspecified atom stereocenters. The minimum atomic E-state index is -0.235. The van der Waals surface area contributed by atoms with Crippen LogP contribution in [0.1, 0.15) is 11.1 Å². The second kappa shape index (κ2) is 9.80. The molecule has 6 nitrogen and oxygen atoms in total. The number of carbonyl (C=O) groups is 1. The summed E-state index contributed by atoms with van der Waals surface area (Å²) in [6, 6.07) is 9.98. The second-order valence-corrected chi connectivity index (χ2v) is 11.0. The maximum atomic E-state index is 13.2. The highest BCUT2D eigenvalue weighted by Crippen LogP contribution is 2.33. The monoisotopic (exact) mass is 496 g/mol. The second-order valence-electron chi connectivity index (χ2n) is 8.01. The number of rotatable bonds is 6. The molecule has 0 aliphatic carbocycles. The third-order valence-corrected chi connectivity index (χ3v) is 8.61. The van der Waals surface area contributed by atoms with Crippen LogP contribution in [0.25, 0.3) is 20.7 Å². The third-order valence-electron chi connectivity index (χ3n) is 5.88. The summed E-state index contributed by atoms with van der Waals surface area (Å²) >= 11 is 5.04. The van der Waals surface area contributed by atoms with E-state index in [2.05, 4.69) is 21.3 Å². The Morgan fingerprint density at radius 1 is 1.15 bits per heavy atom. The Balaban J connectivity index is 1.34. The smallest absolute Gasteiger partial charge is 0.263 e. The molecule has 1 aliphatic heterocycles. The molecule has 4 heterocycles.